The highest BCUT2D eigenvalue weighted by Crippen LogP contribution is 2.12. The topological polar surface area (TPSA) is 21.3 Å². The molecule has 0 aliphatic rings. The summed E-state index contributed by atoms with van der Waals surface area (Å²) in [5.41, 5.74) is 0. The van der Waals surface area contributed by atoms with Crippen LogP contribution in [0.5, 0.6) is 0 Å². The van der Waals surface area contributed by atoms with Crippen LogP contribution in [0, 0.1) is 11.8 Å². The van der Waals surface area contributed by atoms with Gasteiger partial charge < -0.3 is 10.1 Å². The van der Waals surface area contributed by atoms with Crippen molar-refractivity contribution in [2.24, 2.45) is 11.8 Å². The Morgan fingerprint density at radius 2 is 1.92 bits per heavy atom. The summed E-state index contributed by atoms with van der Waals surface area (Å²) in [5, 5.41) is 2.97. The fourth-order valence-corrected chi connectivity index (χ4v) is 1.37. The zero-order chi connectivity index (χ0) is 10.3. The van der Waals surface area contributed by atoms with Crippen molar-refractivity contribution in [1.82, 2.24) is 5.32 Å². The quantitative estimate of drug-likeness (QED) is 0.671. The molecule has 0 aromatic rings. The molecule has 1 N–H and O–H groups in total. The highest BCUT2D eigenvalue weighted by atomic mass is 19.3. The zero-order valence-corrected chi connectivity index (χ0v) is 8.52. The zero-order valence-electron chi connectivity index (χ0n) is 8.52. The van der Waals surface area contributed by atoms with Crippen molar-refractivity contribution in [1.29, 1.82) is 0 Å². The molecule has 0 heterocycles. The molecular weight excluding hydrogens is 176 g/mol. The van der Waals surface area contributed by atoms with Gasteiger partial charge in [-0.1, -0.05) is 13.8 Å². The van der Waals surface area contributed by atoms with Crippen molar-refractivity contribution in [2.75, 3.05) is 20.2 Å². The van der Waals surface area contributed by atoms with E-state index in [1.807, 2.05) is 7.05 Å². The van der Waals surface area contributed by atoms with Gasteiger partial charge in [0.05, 0.1) is 6.61 Å². The van der Waals surface area contributed by atoms with Gasteiger partial charge in [-0.2, -0.15) is 8.78 Å². The van der Waals surface area contributed by atoms with Crippen molar-refractivity contribution in [3.63, 3.8) is 0 Å². The molecule has 13 heavy (non-hydrogen) atoms. The van der Waals surface area contributed by atoms with Crippen LogP contribution in [0.25, 0.3) is 0 Å². The average Bonchev–Trinajstić information content (AvgIpc) is 1.99. The normalized spacial score (nSPS) is 14.1. The lowest BCUT2D eigenvalue weighted by molar-refractivity contribution is -0.138. The molecule has 0 saturated carbocycles. The van der Waals surface area contributed by atoms with Gasteiger partial charge in [-0.3, -0.25) is 0 Å². The summed E-state index contributed by atoms with van der Waals surface area (Å²) >= 11 is 0. The predicted octanol–water partition coefficient (Wildman–Crippen LogP) is 2.11. The molecule has 0 aliphatic carbocycles. The van der Waals surface area contributed by atoms with E-state index in [4.69, 9.17) is 0 Å². The van der Waals surface area contributed by atoms with E-state index in [0.29, 0.717) is 5.92 Å². The van der Waals surface area contributed by atoms with E-state index >= 15 is 0 Å². The highest BCUT2D eigenvalue weighted by Gasteiger charge is 2.12. The van der Waals surface area contributed by atoms with Crippen molar-refractivity contribution in [3.05, 3.63) is 0 Å². The van der Waals surface area contributed by atoms with Gasteiger partial charge in [-0.05, 0) is 31.8 Å². The second-order valence-corrected chi connectivity index (χ2v) is 3.65. The Kier molecular flexibility index (Phi) is 7.09. The van der Waals surface area contributed by atoms with Crippen LogP contribution in [-0.2, 0) is 4.74 Å². The van der Waals surface area contributed by atoms with E-state index in [9.17, 15) is 8.78 Å². The average molecular weight is 195 g/mol. The van der Waals surface area contributed by atoms with Gasteiger partial charge in [-0.25, -0.2) is 0 Å². The second-order valence-electron chi connectivity index (χ2n) is 3.65. The Balaban J connectivity index is 3.66. The lowest BCUT2D eigenvalue weighted by Crippen LogP contribution is -2.25. The van der Waals surface area contributed by atoms with Gasteiger partial charge in [0.25, 0.3) is 0 Å². The second kappa shape index (κ2) is 7.21. The largest absolute Gasteiger partial charge is 0.345 e. The molecule has 0 radical (unpaired) electrons. The number of rotatable bonds is 7. The van der Waals surface area contributed by atoms with Crippen LogP contribution in [-0.4, -0.2) is 26.8 Å². The van der Waals surface area contributed by atoms with Crippen LogP contribution in [0.4, 0.5) is 8.78 Å². The van der Waals surface area contributed by atoms with Crippen LogP contribution in [0.15, 0.2) is 0 Å². The summed E-state index contributed by atoms with van der Waals surface area (Å²) in [4.78, 5) is 0. The van der Waals surface area contributed by atoms with Crippen molar-refractivity contribution >= 4 is 0 Å². The fraction of sp³-hybridized carbons (Fsp3) is 1.00. The van der Waals surface area contributed by atoms with Crippen molar-refractivity contribution in [3.8, 4) is 0 Å². The van der Waals surface area contributed by atoms with Gasteiger partial charge in [0, 0.05) is 0 Å². The third-order valence-corrected chi connectivity index (χ3v) is 1.76. The Bertz CT molecular complexity index is 120. The molecule has 0 rings (SSSR count). The van der Waals surface area contributed by atoms with E-state index in [0.717, 1.165) is 13.0 Å². The molecule has 0 aromatic heterocycles. The Labute approximate surface area is 78.7 Å². The maximum atomic E-state index is 11.7. The molecule has 80 valence electrons. The minimum Gasteiger partial charge on any atom is -0.323 e. The first kappa shape index (κ1) is 12.8. The number of ether oxygens (including phenoxy) is 1. The maximum Gasteiger partial charge on any atom is 0.345 e. The van der Waals surface area contributed by atoms with Gasteiger partial charge in [0.2, 0.25) is 0 Å². The lowest BCUT2D eigenvalue weighted by atomic mass is 9.98. The summed E-state index contributed by atoms with van der Waals surface area (Å²) in [6.45, 7) is 2.36. The number of hydrogen-bond donors (Lipinski definition) is 1. The number of hydrogen-bond acceptors (Lipinski definition) is 2. The number of alkyl halides is 2. The fourth-order valence-electron chi connectivity index (χ4n) is 1.37. The SMILES string of the molecule is CNCC(COC(F)F)CC(C)C. The van der Waals surface area contributed by atoms with Crippen LogP contribution in [0.1, 0.15) is 20.3 Å². The van der Waals surface area contributed by atoms with Gasteiger partial charge in [0.1, 0.15) is 0 Å². The minimum absolute atomic E-state index is 0.136. The first-order valence-electron chi connectivity index (χ1n) is 4.60. The molecule has 4 heteroatoms. The molecule has 1 unspecified atom stereocenters. The molecule has 2 nitrogen and oxygen atoms in total. The smallest absolute Gasteiger partial charge is 0.323 e. The third kappa shape index (κ3) is 8.12. The first-order chi connectivity index (χ1) is 6.06. The van der Waals surface area contributed by atoms with E-state index < -0.39 is 6.61 Å². The molecule has 0 aliphatic heterocycles. The molecule has 0 spiro atoms. The lowest BCUT2D eigenvalue weighted by Gasteiger charge is -2.18. The highest BCUT2D eigenvalue weighted by molar-refractivity contribution is 4.62. The molecule has 0 fully saturated rings. The van der Waals surface area contributed by atoms with Gasteiger partial charge >= 0.3 is 6.61 Å². The summed E-state index contributed by atoms with van der Waals surface area (Å²) in [6, 6.07) is 0. The van der Waals surface area contributed by atoms with Crippen LogP contribution in [0.2, 0.25) is 0 Å². The van der Waals surface area contributed by atoms with Crippen molar-refractivity contribution < 1.29 is 13.5 Å². The van der Waals surface area contributed by atoms with Crippen LogP contribution in [0.3, 0.4) is 0 Å². The van der Waals surface area contributed by atoms with E-state index in [2.05, 4.69) is 23.9 Å². The summed E-state index contributed by atoms with van der Waals surface area (Å²) < 4.78 is 27.7. The molecule has 0 aromatic carbocycles. The Morgan fingerprint density at radius 3 is 2.31 bits per heavy atom. The number of nitrogens with one attached hydrogen (secondary N) is 1. The monoisotopic (exact) mass is 195 g/mol. The van der Waals surface area contributed by atoms with Crippen LogP contribution < -0.4 is 5.32 Å². The minimum atomic E-state index is -2.65. The van der Waals surface area contributed by atoms with Gasteiger partial charge in [0.15, 0.2) is 0 Å². The molecule has 0 bridgehead atoms. The molecule has 0 saturated heterocycles. The van der Waals surface area contributed by atoms with E-state index in [1.54, 1.807) is 0 Å². The predicted molar refractivity (Wildman–Crippen MR) is 48.8 cm³/mol. The maximum absolute atomic E-state index is 11.7. The molecule has 0 amide bonds. The van der Waals surface area contributed by atoms with Crippen molar-refractivity contribution in [2.45, 2.75) is 26.9 Å². The summed E-state index contributed by atoms with van der Waals surface area (Å²) in [5.74, 6) is 0.693. The van der Waals surface area contributed by atoms with Crippen LogP contribution >= 0.6 is 0 Å². The summed E-state index contributed by atoms with van der Waals surface area (Å²) in [6.07, 6.45) is 0.910. The molecule has 1 atom stereocenters. The summed E-state index contributed by atoms with van der Waals surface area (Å²) in [7, 11) is 1.82. The number of halogens is 2. The Morgan fingerprint density at radius 1 is 1.31 bits per heavy atom. The van der Waals surface area contributed by atoms with E-state index in [-0.39, 0.29) is 12.5 Å². The molecular formula is C9H19F2NO. The van der Waals surface area contributed by atoms with Gasteiger partial charge in [-0.15, -0.1) is 0 Å². The standard InChI is InChI=1S/C9H19F2NO/c1-7(2)4-8(5-12-3)6-13-9(10)11/h7-9,12H,4-6H2,1-3H3. The first-order valence-corrected chi connectivity index (χ1v) is 4.60. The van der Waals surface area contributed by atoms with E-state index in [1.165, 1.54) is 0 Å². The Hall–Kier alpha value is -0.220. The third-order valence-electron chi connectivity index (χ3n) is 1.76.